The first-order chi connectivity index (χ1) is 12.2. The van der Waals surface area contributed by atoms with Gasteiger partial charge in [0.1, 0.15) is 0 Å². The Morgan fingerprint density at radius 3 is 2.54 bits per heavy atom. The van der Waals surface area contributed by atoms with Crippen LogP contribution in [0.15, 0.2) is 18.2 Å². The molecular formula is C18H22N2O5S. The van der Waals surface area contributed by atoms with E-state index < -0.39 is 9.84 Å². The Hall–Kier alpha value is -2.22. The van der Waals surface area contributed by atoms with Crippen LogP contribution in [0.3, 0.4) is 0 Å². The summed E-state index contributed by atoms with van der Waals surface area (Å²) in [5.74, 6) is -1.00. The number of sulfone groups is 1. The van der Waals surface area contributed by atoms with Gasteiger partial charge in [0.05, 0.1) is 22.6 Å². The van der Waals surface area contributed by atoms with E-state index >= 15 is 0 Å². The van der Waals surface area contributed by atoms with Gasteiger partial charge >= 0.3 is 0 Å². The average molecular weight is 378 g/mol. The topological polar surface area (TPSA) is 91.8 Å². The summed E-state index contributed by atoms with van der Waals surface area (Å²) in [4.78, 5) is 40.2. The van der Waals surface area contributed by atoms with Gasteiger partial charge < -0.3 is 4.90 Å². The molecule has 1 aromatic carbocycles. The predicted molar refractivity (Wildman–Crippen MR) is 95.9 cm³/mol. The number of hydrogen-bond donors (Lipinski definition) is 0. The minimum absolute atomic E-state index is 0.0393. The van der Waals surface area contributed by atoms with Crippen LogP contribution in [0.1, 0.15) is 57.3 Å². The lowest BCUT2D eigenvalue weighted by atomic mass is 10.0. The normalized spacial score (nSPS) is 21.2. The number of rotatable bonds is 5. The van der Waals surface area contributed by atoms with Crippen LogP contribution in [0.4, 0.5) is 0 Å². The lowest BCUT2D eigenvalue weighted by Gasteiger charge is -2.23. The van der Waals surface area contributed by atoms with E-state index in [1.165, 1.54) is 28.0 Å². The van der Waals surface area contributed by atoms with Crippen molar-refractivity contribution < 1.29 is 22.8 Å². The van der Waals surface area contributed by atoms with Gasteiger partial charge in [-0.05, 0) is 31.0 Å². The van der Waals surface area contributed by atoms with Crippen molar-refractivity contribution in [2.45, 2.75) is 32.2 Å². The van der Waals surface area contributed by atoms with Gasteiger partial charge in [0, 0.05) is 25.2 Å². The molecule has 1 atom stereocenters. The quantitative estimate of drug-likeness (QED) is 0.721. The molecule has 0 spiro atoms. The van der Waals surface area contributed by atoms with Crippen molar-refractivity contribution in [3.8, 4) is 0 Å². The van der Waals surface area contributed by atoms with E-state index in [1.807, 2.05) is 6.92 Å². The third-order valence-electron chi connectivity index (χ3n) is 5.03. The Bertz CT molecular complexity index is 878. The molecule has 3 amide bonds. The van der Waals surface area contributed by atoms with Gasteiger partial charge in [-0.1, -0.05) is 13.3 Å². The molecule has 0 aliphatic carbocycles. The van der Waals surface area contributed by atoms with E-state index in [-0.39, 0.29) is 46.4 Å². The first-order valence-corrected chi connectivity index (χ1v) is 10.5. The lowest BCUT2D eigenvalue weighted by Crippen LogP contribution is -2.37. The monoisotopic (exact) mass is 378 g/mol. The van der Waals surface area contributed by atoms with Gasteiger partial charge in [-0.2, -0.15) is 0 Å². The van der Waals surface area contributed by atoms with E-state index in [0.717, 1.165) is 12.8 Å². The second kappa shape index (κ2) is 6.83. The first-order valence-electron chi connectivity index (χ1n) is 8.73. The summed E-state index contributed by atoms with van der Waals surface area (Å²) >= 11 is 0. The molecule has 2 heterocycles. The van der Waals surface area contributed by atoms with Gasteiger partial charge in [-0.15, -0.1) is 0 Å². The molecule has 1 unspecified atom stereocenters. The van der Waals surface area contributed by atoms with Crippen LogP contribution in [0, 0.1) is 0 Å². The van der Waals surface area contributed by atoms with Crippen molar-refractivity contribution in [2.75, 3.05) is 25.1 Å². The molecule has 7 nitrogen and oxygen atoms in total. The number of hydrogen-bond acceptors (Lipinski definition) is 5. The summed E-state index contributed by atoms with van der Waals surface area (Å²) in [6.45, 7) is 2.35. The van der Waals surface area contributed by atoms with Crippen LogP contribution >= 0.6 is 0 Å². The van der Waals surface area contributed by atoms with E-state index in [9.17, 15) is 22.8 Å². The molecule has 0 aromatic heterocycles. The lowest BCUT2D eigenvalue weighted by molar-refractivity contribution is 0.0651. The summed E-state index contributed by atoms with van der Waals surface area (Å²) in [5, 5.41) is 0. The maximum atomic E-state index is 12.7. The average Bonchev–Trinajstić information content (AvgIpc) is 3.09. The molecule has 140 valence electrons. The Labute approximate surface area is 152 Å². The number of carbonyl (C=O) groups excluding carboxylic acids is 3. The highest BCUT2D eigenvalue weighted by Gasteiger charge is 2.37. The van der Waals surface area contributed by atoms with Crippen LogP contribution < -0.4 is 0 Å². The number of benzene rings is 1. The van der Waals surface area contributed by atoms with Crippen molar-refractivity contribution in [2.24, 2.45) is 0 Å². The summed E-state index contributed by atoms with van der Waals surface area (Å²) in [5.41, 5.74) is 0.840. The van der Waals surface area contributed by atoms with Crippen LogP contribution in [0.5, 0.6) is 0 Å². The highest BCUT2D eigenvalue weighted by molar-refractivity contribution is 7.91. The Morgan fingerprint density at radius 2 is 1.92 bits per heavy atom. The zero-order valence-corrected chi connectivity index (χ0v) is 15.7. The molecule has 0 N–H and O–H groups in total. The van der Waals surface area contributed by atoms with E-state index in [1.54, 1.807) is 7.05 Å². The summed E-state index contributed by atoms with van der Waals surface area (Å²) in [6.07, 6.45) is 2.01. The van der Waals surface area contributed by atoms with E-state index in [0.29, 0.717) is 18.5 Å². The van der Waals surface area contributed by atoms with E-state index in [2.05, 4.69) is 0 Å². The van der Waals surface area contributed by atoms with E-state index in [4.69, 9.17) is 0 Å². The minimum Gasteiger partial charge on any atom is -0.338 e. The molecule has 3 rings (SSSR count). The molecule has 8 heteroatoms. The number of nitrogens with zero attached hydrogens (tertiary/aromatic N) is 2. The van der Waals surface area contributed by atoms with Gasteiger partial charge in [-0.25, -0.2) is 8.42 Å². The van der Waals surface area contributed by atoms with Crippen LogP contribution in [-0.4, -0.2) is 67.1 Å². The second-order valence-electron chi connectivity index (χ2n) is 6.85. The molecular weight excluding hydrogens is 356 g/mol. The molecule has 1 fully saturated rings. The van der Waals surface area contributed by atoms with Gasteiger partial charge in [-0.3, -0.25) is 19.3 Å². The Kier molecular flexibility index (Phi) is 4.88. The molecule has 2 aliphatic heterocycles. The first kappa shape index (κ1) is 18.6. The van der Waals surface area contributed by atoms with Gasteiger partial charge in [0.25, 0.3) is 17.7 Å². The maximum Gasteiger partial charge on any atom is 0.261 e. The third kappa shape index (κ3) is 3.25. The number of carbonyl (C=O) groups is 3. The summed E-state index contributed by atoms with van der Waals surface area (Å²) < 4.78 is 23.3. The number of amides is 3. The molecule has 0 bridgehead atoms. The summed E-state index contributed by atoms with van der Waals surface area (Å²) in [6, 6.07) is 4.12. The van der Waals surface area contributed by atoms with Crippen molar-refractivity contribution >= 4 is 27.6 Å². The largest absolute Gasteiger partial charge is 0.338 e. The molecule has 0 saturated carbocycles. The SMILES string of the molecule is CCCCN1C(=O)c2ccc(C(=O)N(C)C3CCS(=O)(=O)C3)cc2C1=O. The highest BCUT2D eigenvalue weighted by Crippen LogP contribution is 2.26. The smallest absolute Gasteiger partial charge is 0.261 e. The van der Waals surface area contributed by atoms with Crippen molar-refractivity contribution in [3.63, 3.8) is 0 Å². The molecule has 1 aromatic rings. The standard InChI is InChI=1S/C18H22N2O5S/c1-3-4-8-20-17(22)14-6-5-12(10-15(14)18(20)23)16(21)19(2)13-7-9-26(24,25)11-13/h5-6,10,13H,3-4,7-9,11H2,1-2H3. The minimum atomic E-state index is -3.10. The zero-order valence-electron chi connectivity index (χ0n) is 14.9. The highest BCUT2D eigenvalue weighted by atomic mass is 32.2. The Balaban J connectivity index is 1.82. The van der Waals surface area contributed by atoms with Gasteiger partial charge in [0.15, 0.2) is 9.84 Å². The van der Waals surface area contributed by atoms with Crippen LogP contribution in [0.25, 0.3) is 0 Å². The zero-order chi connectivity index (χ0) is 19.1. The Morgan fingerprint density at radius 1 is 1.23 bits per heavy atom. The number of unbranched alkanes of at least 4 members (excludes halogenated alkanes) is 1. The molecule has 2 aliphatic rings. The van der Waals surface area contributed by atoms with Crippen LogP contribution in [-0.2, 0) is 9.84 Å². The second-order valence-corrected chi connectivity index (χ2v) is 9.08. The maximum absolute atomic E-state index is 12.7. The van der Waals surface area contributed by atoms with Crippen molar-refractivity contribution in [1.29, 1.82) is 0 Å². The number of fused-ring (bicyclic) bond motifs is 1. The van der Waals surface area contributed by atoms with Crippen molar-refractivity contribution in [3.05, 3.63) is 34.9 Å². The summed E-state index contributed by atoms with van der Waals surface area (Å²) in [7, 11) is -1.53. The molecule has 1 saturated heterocycles. The fraction of sp³-hybridized carbons (Fsp3) is 0.500. The van der Waals surface area contributed by atoms with Crippen LogP contribution in [0.2, 0.25) is 0 Å². The fourth-order valence-electron chi connectivity index (χ4n) is 3.39. The van der Waals surface area contributed by atoms with Gasteiger partial charge in [0.2, 0.25) is 0 Å². The predicted octanol–water partition coefficient (Wildman–Crippen LogP) is 1.34. The molecule has 0 radical (unpaired) electrons. The third-order valence-corrected chi connectivity index (χ3v) is 6.78. The number of imide groups is 1. The van der Waals surface area contributed by atoms with Crippen molar-refractivity contribution in [1.82, 2.24) is 9.80 Å². The molecule has 26 heavy (non-hydrogen) atoms. The fourth-order valence-corrected chi connectivity index (χ4v) is 5.17.